The molecule has 2 aromatic carbocycles. The summed E-state index contributed by atoms with van der Waals surface area (Å²) in [5.74, 6) is 1.05. The fraction of sp³-hybridized carbons (Fsp3) is 0.417. The maximum absolute atomic E-state index is 12.3. The molecular weight excluding hydrogens is 394 g/mol. The topological polar surface area (TPSA) is 61.4 Å². The lowest BCUT2D eigenvalue weighted by atomic mass is 9.99. The molecule has 1 atom stereocenters. The molecule has 0 aliphatic carbocycles. The van der Waals surface area contributed by atoms with Gasteiger partial charge in [-0.2, -0.15) is 0 Å². The van der Waals surface area contributed by atoms with Crippen LogP contribution in [0.1, 0.15) is 37.8 Å². The number of anilines is 1. The van der Waals surface area contributed by atoms with Gasteiger partial charge in [0.15, 0.2) is 0 Å². The number of hydrogen-bond acceptors (Lipinski definition) is 4. The van der Waals surface area contributed by atoms with Crippen LogP contribution < -0.4 is 10.6 Å². The van der Waals surface area contributed by atoms with E-state index in [-0.39, 0.29) is 11.8 Å². The van der Waals surface area contributed by atoms with Crippen LogP contribution >= 0.6 is 11.8 Å². The summed E-state index contributed by atoms with van der Waals surface area (Å²) in [4.78, 5) is 26.9. The first-order valence-electron chi connectivity index (χ1n) is 10.6. The van der Waals surface area contributed by atoms with Gasteiger partial charge < -0.3 is 10.6 Å². The third kappa shape index (κ3) is 7.18. The lowest BCUT2D eigenvalue weighted by molar-refractivity contribution is -0.118. The van der Waals surface area contributed by atoms with Gasteiger partial charge in [0.25, 0.3) is 0 Å². The highest BCUT2D eigenvalue weighted by molar-refractivity contribution is 8.00. The molecular formula is C24H31N3O2S. The maximum Gasteiger partial charge on any atom is 0.230 e. The summed E-state index contributed by atoms with van der Waals surface area (Å²) in [6, 6.07) is 15.9. The number of piperidine rings is 1. The van der Waals surface area contributed by atoms with E-state index in [1.807, 2.05) is 30.3 Å². The molecule has 2 N–H and O–H groups in total. The lowest BCUT2D eigenvalue weighted by Crippen LogP contribution is -2.34. The molecule has 6 heteroatoms. The zero-order valence-corrected chi connectivity index (χ0v) is 18.6. The molecule has 3 rings (SSSR count). The Bertz CT molecular complexity index is 854. The van der Waals surface area contributed by atoms with E-state index in [1.165, 1.54) is 42.7 Å². The zero-order chi connectivity index (χ0) is 21.3. The minimum Gasteiger partial charge on any atom is -0.351 e. The van der Waals surface area contributed by atoms with E-state index >= 15 is 0 Å². The van der Waals surface area contributed by atoms with Crippen molar-refractivity contribution in [1.82, 2.24) is 10.2 Å². The van der Waals surface area contributed by atoms with Crippen LogP contribution in [0.3, 0.4) is 0 Å². The Morgan fingerprint density at radius 2 is 1.83 bits per heavy atom. The van der Waals surface area contributed by atoms with Crippen LogP contribution in [0.5, 0.6) is 0 Å². The van der Waals surface area contributed by atoms with E-state index < -0.39 is 0 Å². The van der Waals surface area contributed by atoms with Crippen molar-refractivity contribution in [1.29, 1.82) is 0 Å². The Kier molecular flexibility index (Phi) is 8.34. The molecule has 1 aliphatic rings. The average molecular weight is 426 g/mol. The van der Waals surface area contributed by atoms with E-state index in [0.29, 0.717) is 12.3 Å². The summed E-state index contributed by atoms with van der Waals surface area (Å²) in [6.45, 7) is 7.62. The van der Waals surface area contributed by atoms with Crippen molar-refractivity contribution in [2.45, 2.75) is 44.7 Å². The van der Waals surface area contributed by atoms with Crippen LogP contribution in [0.2, 0.25) is 0 Å². The van der Waals surface area contributed by atoms with Crippen LogP contribution in [0.15, 0.2) is 53.4 Å². The molecule has 0 bridgehead atoms. The molecule has 1 aliphatic heterocycles. The molecule has 0 spiro atoms. The fourth-order valence-electron chi connectivity index (χ4n) is 3.79. The maximum atomic E-state index is 12.3. The molecule has 2 amide bonds. The number of benzene rings is 2. The average Bonchev–Trinajstić information content (AvgIpc) is 2.72. The Morgan fingerprint density at radius 1 is 1.10 bits per heavy atom. The van der Waals surface area contributed by atoms with Crippen molar-refractivity contribution in [3.05, 3.63) is 59.7 Å². The first-order chi connectivity index (χ1) is 14.5. The normalized spacial score (nSPS) is 16.8. The third-order valence-electron chi connectivity index (χ3n) is 5.27. The number of hydrogen-bond donors (Lipinski definition) is 2. The summed E-state index contributed by atoms with van der Waals surface area (Å²) < 4.78 is 0. The number of nitrogens with zero attached hydrogens (tertiary/aromatic N) is 1. The molecule has 0 radical (unpaired) electrons. The summed E-state index contributed by atoms with van der Waals surface area (Å²) in [6.07, 6.45) is 2.59. The fourth-order valence-corrected chi connectivity index (χ4v) is 4.52. The van der Waals surface area contributed by atoms with Gasteiger partial charge in [-0.05, 0) is 60.7 Å². The Morgan fingerprint density at radius 3 is 2.53 bits per heavy atom. The van der Waals surface area contributed by atoms with Crippen molar-refractivity contribution in [3.63, 3.8) is 0 Å². The van der Waals surface area contributed by atoms with Crippen molar-refractivity contribution in [3.8, 4) is 0 Å². The highest BCUT2D eigenvalue weighted by Crippen LogP contribution is 2.21. The van der Waals surface area contributed by atoms with E-state index in [0.717, 1.165) is 36.1 Å². The zero-order valence-electron chi connectivity index (χ0n) is 17.8. The molecule has 1 saturated heterocycles. The molecule has 1 heterocycles. The van der Waals surface area contributed by atoms with Gasteiger partial charge in [-0.3, -0.25) is 14.5 Å². The summed E-state index contributed by atoms with van der Waals surface area (Å²) in [7, 11) is 0. The number of likely N-dealkylation sites (tertiary alicyclic amines) is 1. The van der Waals surface area contributed by atoms with Crippen molar-refractivity contribution in [2.75, 3.05) is 24.2 Å². The minimum absolute atomic E-state index is 0.0207. The van der Waals surface area contributed by atoms with Crippen LogP contribution in [-0.2, 0) is 22.7 Å². The first kappa shape index (κ1) is 22.4. The SMILES string of the molecule is CC(=O)Nc1ccc(SCC(=O)NCc2ccccc2CN2CCC[C@H](C)C2)cc1. The minimum atomic E-state index is -0.0927. The second-order valence-electron chi connectivity index (χ2n) is 8.02. The van der Waals surface area contributed by atoms with E-state index in [1.54, 1.807) is 0 Å². The monoisotopic (exact) mass is 425 g/mol. The van der Waals surface area contributed by atoms with E-state index in [2.05, 4.69) is 40.7 Å². The Labute approximate surface area is 183 Å². The quantitative estimate of drug-likeness (QED) is 0.620. The molecule has 160 valence electrons. The Balaban J connectivity index is 1.47. The van der Waals surface area contributed by atoms with Crippen molar-refractivity contribution >= 4 is 29.3 Å². The Hall–Kier alpha value is -2.31. The van der Waals surface area contributed by atoms with Crippen LogP contribution in [-0.4, -0.2) is 35.6 Å². The molecule has 0 aromatic heterocycles. The van der Waals surface area contributed by atoms with Gasteiger partial charge in [0, 0.05) is 37.1 Å². The van der Waals surface area contributed by atoms with E-state index in [4.69, 9.17) is 0 Å². The van der Waals surface area contributed by atoms with Gasteiger partial charge in [-0.25, -0.2) is 0 Å². The predicted octanol–water partition coefficient (Wildman–Crippen LogP) is 4.29. The summed E-state index contributed by atoms with van der Waals surface area (Å²) in [5, 5.41) is 5.80. The lowest BCUT2D eigenvalue weighted by Gasteiger charge is -2.31. The van der Waals surface area contributed by atoms with Crippen LogP contribution in [0, 0.1) is 5.92 Å². The highest BCUT2D eigenvalue weighted by atomic mass is 32.2. The highest BCUT2D eigenvalue weighted by Gasteiger charge is 2.17. The number of rotatable bonds is 8. The standard InChI is InChI=1S/C24H31N3O2S/c1-18-6-5-13-27(15-18)16-21-8-4-3-7-20(21)14-25-24(29)17-30-23-11-9-22(10-12-23)26-19(2)28/h3-4,7-12,18H,5-6,13-17H2,1-2H3,(H,25,29)(H,26,28)/t18-/m0/s1. The van der Waals surface area contributed by atoms with E-state index in [9.17, 15) is 9.59 Å². The molecule has 1 fully saturated rings. The summed E-state index contributed by atoms with van der Waals surface area (Å²) in [5.41, 5.74) is 3.25. The third-order valence-corrected chi connectivity index (χ3v) is 6.29. The molecule has 30 heavy (non-hydrogen) atoms. The molecule has 0 saturated carbocycles. The van der Waals surface area contributed by atoms with Crippen molar-refractivity contribution in [2.24, 2.45) is 5.92 Å². The van der Waals surface area contributed by atoms with Crippen LogP contribution in [0.4, 0.5) is 5.69 Å². The van der Waals surface area contributed by atoms with Gasteiger partial charge in [-0.1, -0.05) is 31.2 Å². The van der Waals surface area contributed by atoms with Crippen LogP contribution in [0.25, 0.3) is 0 Å². The second kappa shape index (κ2) is 11.2. The summed E-state index contributed by atoms with van der Waals surface area (Å²) >= 11 is 1.49. The number of carbonyl (C=O) groups is 2. The molecule has 0 unspecified atom stereocenters. The van der Waals surface area contributed by atoms with Gasteiger partial charge in [0.2, 0.25) is 11.8 Å². The smallest absolute Gasteiger partial charge is 0.230 e. The number of thioether (sulfide) groups is 1. The van der Waals surface area contributed by atoms with Gasteiger partial charge in [0.05, 0.1) is 5.75 Å². The van der Waals surface area contributed by atoms with Gasteiger partial charge >= 0.3 is 0 Å². The molecule has 5 nitrogen and oxygen atoms in total. The molecule has 2 aromatic rings. The van der Waals surface area contributed by atoms with Crippen molar-refractivity contribution < 1.29 is 9.59 Å². The first-order valence-corrected chi connectivity index (χ1v) is 11.5. The second-order valence-corrected chi connectivity index (χ2v) is 9.07. The van der Waals surface area contributed by atoms with Gasteiger partial charge in [-0.15, -0.1) is 11.8 Å². The van der Waals surface area contributed by atoms with Gasteiger partial charge in [0.1, 0.15) is 0 Å². The number of amides is 2. The number of carbonyl (C=O) groups excluding carboxylic acids is 2. The largest absolute Gasteiger partial charge is 0.351 e. The number of nitrogens with one attached hydrogen (secondary N) is 2. The predicted molar refractivity (Wildman–Crippen MR) is 123 cm³/mol.